The van der Waals surface area contributed by atoms with Gasteiger partial charge in [-0.05, 0) is 43.0 Å². The number of nitro groups is 1. The van der Waals surface area contributed by atoms with Crippen molar-refractivity contribution in [1.82, 2.24) is 5.32 Å². The normalized spacial score (nSPS) is 14.3. The third kappa shape index (κ3) is 5.20. The Morgan fingerprint density at radius 2 is 1.90 bits per heavy atom. The summed E-state index contributed by atoms with van der Waals surface area (Å²) in [4.78, 5) is 25.7. The fraction of sp³-hybridized carbons (Fsp3) is 0.409. The van der Waals surface area contributed by atoms with E-state index in [0.29, 0.717) is 23.1 Å². The van der Waals surface area contributed by atoms with Crippen LogP contribution in [0.2, 0.25) is 0 Å². The topological polar surface area (TPSA) is 93.9 Å². The van der Waals surface area contributed by atoms with Gasteiger partial charge in [-0.3, -0.25) is 14.9 Å². The molecule has 8 heteroatoms. The fourth-order valence-electron chi connectivity index (χ4n) is 3.49. The second-order valence-electron chi connectivity index (χ2n) is 7.39. The van der Waals surface area contributed by atoms with Crippen LogP contribution in [0.15, 0.2) is 42.5 Å². The molecular formula is C22H27N3O5. The summed E-state index contributed by atoms with van der Waals surface area (Å²) >= 11 is 0. The van der Waals surface area contributed by atoms with E-state index >= 15 is 0 Å². The molecule has 0 bridgehead atoms. The molecule has 0 saturated carbocycles. The highest BCUT2D eigenvalue weighted by Gasteiger charge is 2.24. The number of rotatable bonds is 8. The molecule has 1 saturated heterocycles. The quantitative estimate of drug-likeness (QED) is 0.403. The summed E-state index contributed by atoms with van der Waals surface area (Å²) in [5.74, 6) is 1.45. The summed E-state index contributed by atoms with van der Waals surface area (Å²) in [6.45, 7) is 4.27. The lowest BCUT2D eigenvalue weighted by molar-refractivity contribution is -0.384. The molecule has 0 unspecified atom stereocenters. The molecule has 3 rings (SSSR count). The van der Waals surface area contributed by atoms with Gasteiger partial charge in [0.25, 0.3) is 11.6 Å². The summed E-state index contributed by atoms with van der Waals surface area (Å²) in [5.41, 5.74) is 0.790. The molecule has 8 nitrogen and oxygen atoms in total. The zero-order valence-corrected chi connectivity index (χ0v) is 17.3. The Labute approximate surface area is 175 Å². The van der Waals surface area contributed by atoms with E-state index in [4.69, 9.17) is 9.47 Å². The molecule has 0 spiro atoms. The largest absolute Gasteiger partial charge is 0.493 e. The third-order valence-corrected chi connectivity index (χ3v) is 5.27. The molecule has 0 aliphatic carbocycles. The van der Waals surface area contributed by atoms with Crippen LogP contribution >= 0.6 is 0 Å². The number of nitro benzene ring substituents is 1. The minimum Gasteiger partial charge on any atom is -0.493 e. The van der Waals surface area contributed by atoms with Crippen molar-refractivity contribution in [2.24, 2.45) is 5.92 Å². The van der Waals surface area contributed by atoms with Crippen molar-refractivity contribution in [3.05, 3.63) is 58.1 Å². The molecule has 1 N–H and O–H groups in total. The van der Waals surface area contributed by atoms with Crippen molar-refractivity contribution in [2.75, 3.05) is 38.3 Å². The number of hydrogen-bond acceptors (Lipinski definition) is 6. The van der Waals surface area contributed by atoms with Crippen LogP contribution in [-0.4, -0.2) is 44.2 Å². The van der Waals surface area contributed by atoms with E-state index in [1.54, 1.807) is 31.4 Å². The maximum atomic E-state index is 12.5. The Bertz CT molecular complexity index is 894. The van der Waals surface area contributed by atoms with Gasteiger partial charge in [0.2, 0.25) is 0 Å². The molecule has 0 radical (unpaired) electrons. The highest BCUT2D eigenvalue weighted by Crippen LogP contribution is 2.32. The number of carbonyl (C=O) groups is 1. The zero-order chi connectivity index (χ0) is 21.5. The molecule has 2 aromatic rings. The number of hydrogen-bond donors (Lipinski definition) is 1. The first kappa shape index (κ1) is 21.4. The molecule has 0 aromatic heterocycles. The fourth-order valence-corrected chi connectivity index (χ4v) is 3.49. The van der Waals surface area contributed by atoms with Gasteiger partial charge in [0.05, 0.1) is 18.6 Å². The van der Waals surface area contributed by atoms with Gasteiger partial charge in [-0.15, -0.1) is 0 Å². The monoisotopic (exact) mass is 413 g/mol. The predicted octanol–water partition coefficient (Wildman–Crippen LogP) is 3.65. The van der Waals surface area contributed by atoms with Crippen LogP contribution in [0.3, 0.4) is 0 Å². The Hall–Kier alpha value is -3.29. The molecule has 1 aliphatic rings. The van der Waals surface area contributed by atoms with Gasteiger partial charge in [0.1, 0.15) is 12.3 Å². The molecule has 1 aliphatic heterocycles. The highest BCUT2D eigenvalue weighted by atomic mass is 16.6. The molecule has 2 aromatic carbocycles. The Morgan fingerprint density at radius 3 is 2.57 bits per heavy atom. The number of ether oxygens (including phenoxy) is 2. The van der Waals surface area contributed by atoms with Crippen molar-refractivity contribution >= 4 is 17.3 Å². The van der Waals surface area contributed by atoms with Crippen molar-refractivity contribution in [1.29, 1.82) is 0 Å². The van der Waals surface area contributed by atoms with Crippen LogP contribution in [0.4, 0.5) is 11.4 Å². The van der Waals surface area contributed by atoms with E-state index in [0.717, 1.165) is 25.9 Å². The SMILES string of the molecule is COc1ccccc1OCCNC(=O)c1ccc(N2CCC(C)CC2)c([N+](=O)[O-])c1. The van der Waals surface area contributed by atoms with Crippen LogP contribution in [-0.2, 0) is 0 Å². The molecule has 1 fully saturated rings. The average Bonchev–Trinajstić information content (AvgIpc) is 2.77. The lowest BCUT2D eigenvalue weighted by Crippen LogP contribution is -2.33. The Morgan fingerprint density at radius 1 is 1.20 bits per heavy atom. The van der Waals surface area contributed by atoms with Crippen LogP contribution in [0.1, 0.15) is 30.1 Å². The molecule has 1 amide bonds. The molecule has 0 atom stereocenters. The van der Waals surface area contributed by atoms with Gasteiger partial charge < -0.3 is 19.7 Å². The minimum atomic E-state index is -0.422. The van der Waals surface area contributed by atoms with E-state index in [2.05, 4.69) is 12.2 Å². The number of methoxy groups -OCH3 is 1. The lowest BCUT2D eigenvalue weighted by Gasteiger charge is -2.31. The minimum absolute atomic E-state index is 0.0394. The second kappa shape index (κ2) is 9.96. The maximum absolute atomic E-state index is 12.5. The van der Waals surface area contributed by atoms with Crippen LogP contribution < -0.4 is 19.7 Å². The summed E-state index contributed by atoms with van der Waals surface area (Å²) in [5, 5.41) is 14.3. The molecule has 160 valence electrons. The Kier molecular flexibility index (Phi) is 7.11. The smallest absolute Gasteiger partial charge is 0.293 e. The van der Waals surface area contributed by atoms with E-state index in [9.17, 15) is 14.9 Å². The Balaban J connectivity index is 1.60. The van der Waals surface area contributed by atoms with E-state index in [-0.39, 0.29) is 30.3 Å². The van der Waals surface area contributed by atoms with Gasteiger partial charge >= 0.3 is 0 Å². The van der Waals surface area contributed by atoms with Gasteiger partial charge in [-0.2, -0.15) is 0 Å². The average molecular weight is 413 g/mol. The number of amides is 1. The van der Waals surface area contributed by atoms with E-state index in [1.807, 2.05) is 17.0 Å². The zero-order valence-electron chi connectivity index (χ0n) is 17.3. The number of nitrogens with one attached hydrogen (secondary N) is 1. The standard InChI is InChI=1S/C22H27N3O5/c1-16-9-12-24(13-10-16)18-8-7-17(15-19(18)25(27)28)22(26)23-11-14-30-21-6-4-3-5-20(21)29-2/h3-8,15-16H,9-14H2,1-2H3,(H,23,26). The number of carbonyl (C=O) groups excluding carboxylic acids is 1. The first-order valence-electron chi connectivity index (χ1n) is 10.1. The number of piperidine rings is 1. The summed E-state index contributed by atoms with van der Waals surface area (Å²) in [6.07, 6.45) is 2.01. The molecular weight excluding hydrogens is 386 g/mol. The van der Waals surface area contributed by atoms with E-state index in [1.165, 1.54) is 6.07 Å². The maximum Gasteiger partial charge on any atom is 0.293 e. The van der Waals surface area contributed by atoms with Crippen molar-refractivity contribution in [3.63, 3.8) is 0 Å². The summed E-state index contributed by atoms with van der Waals surface area (Å²) in [6, 6.07) is 11.9. The van der Waals surface area contributed by atoms with Crippen molar-refractivity contribution < 1.29 is 19.2 Å². The molecule has 1 heterocycles. The van der Waals surface area contributed by atoms with Gasteiger partial charge in [0.15, 0.2) is 11.5 Å². The number of benzene rings is 2. The number of para-hydroxylation sites is 2. The number of nitrogens with zero attached hydrogens (tertiary/aromatic N) is 2. The highest BCUT2D eigenvalue weighted by molar-refractivity contribution is 5.95. The predicted molar refractivity (Wildman–Crippen MR) is 115 cm³/mol. The molecule has 30 heavy (non-hydrogen) atoms. The van der Waals surface area contributed by atoms with Crippen molar-refractivity contribution in [2.45, 2.75) is 19.8 Å². The first-order chi connectivity index (χ1) is 14.5. The van der Waals surface area contributed by atoms with Crippen molar-refractivity contribution in [3.8, 4) is 11.5 Å². The van der Waals surface area contributed by atoms with Crippen LogP contribution in [0.25, 0.3) is 0 Å². The first-order valence-corrected chi connectivity index (χ1v) is 10.1. The second-order valence-corrected chi connectivity index (χ2v) is 7.39. The van der Waals surface area contributed by atoms with Crippen LogP contribution in [0, 0.1) is 16.0 Å². The van der Waals surface area contributed by atoms with Gasteiger partial charge in [-0.25, -0.2) is 0 Å². The van der Waals surface area contributed by atoms with Crippen LogP contribution in [0.5, 0.6) is 11.5 Å². The third-order valence-electron chi connectivity index (χ3n) is 5.27. The van der Waals surface area contributed by atoms with Gasteiger partial charge in [0, 0.05) is 24.7 Å². The van der Waals surface area contributed by atoms with E-state index < -0.39 is 4.92 Å². The lowest BCUT2D eigenvalue weighted by atomic mass is 9.98. The summed E-state index contributed by atoms with van der Waals surface area (Å²) in [7, 11) is 1.56. The van der Waals surface area contributed by atoms with Gasteiger partial charge in [-0.1, -0.05) is 19.1 Å². The number of anilines is 1. The summed E-state index contributed by atoms with van der Waals surface area (Å²) < 4.78 is 10.8.